The van der Waals surface area contributed by atoms with Crippen LogP contribution in [-0.4, -0.2) is 21.0 Å². The van der Waals surface area contributed by atoms with Crippen molar-refractivity contribution in [2.75, 3.05) is 6.54 Å². The lowest BCUT2D eigenvalue weighted by Crippen LogP contribution is -2.27. The first-order valence-corrected chi connectivity index (χ1v) is 8.67. The maximum atomic E-state index is 12.1. The van der Waals surface area contributed by atoms with Gasteiger partial charge in [0.2, 0.25) is 9.84 Å². The molecule has 1 aliphatic carbocycles. The molecule has 4 nitrogen and oxygen atoms in total. The van der Waals surface area contributed by atoms with Crippen LogP contribution in [0.5, 0.6) is 0 Å². The zero-order valence-electron chi connectivity index (χ0n) is 11.4. The van der Waals surface area contributed by atoms with Gasteiger partial charge in [0, 0.05) is 24.5 Å². The lowest BCUT2D eigenvalue weighted by Gasteiger charge is -2.13. The molecule has 5 heteroatoms. The van der Waals surface area contributed by atoms with Gasteiger partial charge >= 0.3 is 0 Å². The minimum atomic E-state index is -3.27. The Kier molecular flexibility index (Phi) is 3.67. The number of nitrogens with two attached hydrogens (primary N) is 1. The zero-order valence-corrected chi connectivity index (χ0v) is 12.2. The molecule has 0 unspecified atom stereocenters. The van der Waals surface area contributed by atoms with E-state index >= 15 is 0 Å². The molecule has 0 atom stereocenters. The van der Waals surface area contributed by atoms with Crippen LogP contribution in [0.4, 0.5) is 0 Å². The summed E-state index contributed by atoms with van der Waals surface area (Å²) in [6, 6.07) is 5.89. The summed E-state index contributed by atoms with van der Waals surface area (Å²) in [7, 11) is -3.27. The van der Waals surface area contributed by atoms with Crippen LogP contribution in [0.1, 0.15) is 36.8 Å². The summed E-state index contributed by atoms with van der Waals surface area (Å²) < 4.78 is 24.2. The van der Waals surface area contributed by atoms with E-state index in [0.29, 0.717) is 24.0 Å². The van der Waals surface area contributed by atoms with E-state index < -0.39 is 9.84 Å². The van der Waals surface area contributed by atoms with E-state index in [4.69, 9.17) is 5.73 Å². The first-order valence-electron chi connectivity index (χ1n) is 7.12. The van der Waals surface area contributed by atoms with Crippen LogP contribution in [0.15, 0.2) is 28.5 Å². The molecule has 108 valence electrons. The molecule has 1 aromatic rings. The molecule has 0 bridgehead atoms. The second-order valence-corrected chi connectivity index (χ2v) is 7.35. The number of hydrogen-bond donors (Lipinski definition) is 2. The summed E-state index contributed by atoms with van der Waals surface area (Å²) in [5.41, 5.74) is 8.29. The van der Waals surface area contributed by atoms with Crippen molar-refractivity contribution in [3.8, 4) is 0 Å². The maximum Gasteiger partial charge on any atom is 0.200 e. The highest BCUT2D eigenvalue weighted by atomic mass is 32.2. The highest BCUT2D eigenvalue weighted by Crippen LogP contribution is 2.34. The van der Waals surface area contributed by atoms with Crippen LogP contribution in [0.25, 0.3) is 5.57 Å². The smallest absolute Gasteiger partial charge is 0.200 e. The predicted molar refractivity (Wildman–Crippen MR) is 79.8 cm³/mol. The van der Waals surface area contributed by atoms with Gasteiger partial charge in [-0.1, -0.05) is 18.9 Å². The molecule has 1 aromatic carbocycles. The van der Waals surface area contributed by atoms with E-state index in [0.717, 1.165) is 16.7 Å². The van der Waals surface area contributed by atoms with Crippen molar-refractivity contribution >= 4 is 15.4 Å². The molecule has 1 saturated carbocycles. The van der Waals surface area contributed by atoms with Crippen LogP contribution < -0.4 is 11.1 Å². The summed E-state index contributed by atoms with van der Waals surface area (Å²) in [5.74, 6) is 0. The normalized spacial score (nSPS) is 20.9. The largest absolute Gasteiger partial charge is 0.326 e. The van der Waals surface area contributed by atoms with Gasteiger partial charge in [-0.15, -0.1) is 0 Å². The van der Waals surface area contributed by atoms with Crippen LogP contribution in [0.3, 0.4) is 0 Å². The first kappa shape index (κ1) is 13.8. The van der Waals surface area contributed by atoms with Gasteiger partial charge in [-0.05, 0) is 41.7 Å². The highest BCUT2D eigenvalue weighted by molar-refractivity contribution is 7.95. The highest BCUT2D eigenvalue weighted by Gasteiger charge is 2.27. The van der Waals surface area contributed by atoms with Crippen molar-refractivity contribution in [3.05, 3.63) is 34.7 Å². The molecular weight excluding hydrogens is 272 g/mol. The molecule has 0 saturated heterocycles. The lowest BCUT2D eigenvalue weighted by molar-refractivity contribution is 0.560. The standard InChI is InChI=1S/C15H20N2O2S/c16-8-11-5-6-15-14(7-11)12(10-20(15,18)19)9-17-13-3-1-2-4-13/h5-7,10,13,17H,1-4,8-9,16H2. The molecular formula is C15H20N2O2S. The van der Waals surface area contributed by atoms with Crippen LogP contribution in [-0.2, 0) is 16.4 Å². The summed E-state index contributed by atoms with van der Waals surface area (Å²) >= 11 is 0. The number of fused-ring (bicyclic) bond motifs is 1. The number of benzene rings is 1. The number of sulfone groups is 1. The third kappa shape index (κ3) is 2.53. The van der Waals surface area contributed by atoms with Crippen LogP contribution >= 0.6 is 0 Å². The summed E-state index contributed by atoms with van der Waals surface area (Å²) in [6.45, 7) is 1.04. The van der Waals surface area contributed by atoms with Crippen molar-refractivity contribution < 1.29 is 8.42 Å². The van der Waals surface area contributed by atoms with E-state index in [1.165, 1.54) is 31.1 Å². The van der Waals surface area contributed by atoms with Gasteiger partial charge in [0.05, 0.1) is 4.90 Å². The van der Waals surface area contributed by atoms with E-state index in [1.54, 1.807) is 12.1 Å². The van der Waals surface area contributed by atoms with E-state index in [9.17, 15) is 8.42 Å². The molecule has 1 fully saturated rings. The van der Waals surface area contributed by atoms with Gasteiger partial charge < -0.3 is 11.1 Å². The fourth-order valence-corrected chi connectivity index (χ4v) is 4.50. The average molecular weight is 292 g/mol. The van der Waals surface area contributed by atoms with Gasteiger partial charge in [0.1, 0.15) is 0 Å². The number of hydrogen-bond acceptors (Lipinski definition) is 4. The minimum Gasteiger partial charge on any atom is -0.326 e. The molecule has 3 N–H and O–H groups in total. The minimum absolute atomic E-state index is 0.415. The number of nitrogens with one attached hydrogen (secondary N) is 1. The van der Waals surface area contributed by atoms with Gasteiger partial charge in [0.15, 0.2) is 0 Å². The summed E-state index contributed by atoms with van der Waals surface area (Å²) in [5, 5.41) is 4.88. The van der Waals surface area contributed by atoms with Crippen LogP contribution in [0.2, 0.25) is 0 Å². The zero-order chi connectivity index (χ0) is 14.2. The van der Waals surface area contributed by atoms with E-state index in [-0.39, 0.29) is 0 Å². The van der Waals surface area contributed by atoms with Crippen molar-refractivity contribution in [2.24, 2.45) is 5.73 Å². The topological polar surface area (TPSA) is 72.2 Å². The third-order valence-corrected chi connectivity index (χ3v) is 5.73. The quantitative estimate of drug-likeness (QED) is 0.887. The second kappa shape index (κ2) is 5.31. The van der Waals surface area contributed by atoms with Gasteiger partial charge in [-0.2, -0.15) is 0 Å². The molecule has 1 aliphatic heterocycles. The Morgan fingerprint density at radius 2 is 2.00 bits per heavy atom. The van der Waals surface area contributed by atoms with E-state index in [1.807, 2.05) is 6.07 Å². The molecule has 0 aromatic heterocycles. The molecule has 0 radical (unpaired) electrons. The second-order valence-electron chi connectivity index (χ2n) is 5.59. The molecule has 0 amide bonds. The van der Waals surface area contributed by atoms with Crippen molar-refractivity contribution in [3.63, 3.8) is 0 Å². The summed E-state index contributed by atoms with van der Waals surface area (Å²) in [6.07, 6.45) is 4.91. The molecule has 2 aliphatic rings. The first-order chi connectivity index (χ1) is 9.60. The predicted octanol–water partition coefficient (Wildman–Crippen LogP) is 1.81. The monoisotopic (exact) mass is 292 g/mol. The molecule has 3 rings (SSSR count). The van der Waals surface area contributed by atoms with Crippen molar-refractivity contribution in [1.82, 2.24) is 5.32 Å². The Bertz CT molecular complexity index is 644. The fourth-order valence-electron chi connectivity index (χ4n) is 3.04. The Morgan fingerprint density at radius 1 is 1.25 bits per heavy atom. The molecule has 1 heterocycles. The maximum absolute atomic E-state index is 12.1. The SMILES string of the molecule is NCc1ccc2c(c1)C(CNC1CCCC1)=CS2(=O)=O. The van der Waals surface area contributed by atoms with Gasteiger partial charge in [-0.3, -0.25) is 0 Å². The lowest BCUT2D eigenvalue weighted by atomic mass is 10.0. The Labute approximate surface area is 120 Å². The summed E-state index contributed by atoms with van der Waals surface area (Å²) in [4.78, 5) is 0.415. The molecule has 20 heavy (non-hydrogen) atoms. The molecule has 0 spiro atoms. The average Bonchev–Trinajstić information content (AvgIpc) is 3.03. The van der Waals surface area contributed by atoms with E-state index in [2.05, 4.69) is 5.32 Å². The van der Waals surface area contributed by atoms with Crippen LogP contribution in [0, 0.1) is 0 Å². The Balaban J connectivity index is 1.85. The van der Waals surface area contributed by atoms with Crippen molar-refractivity contribution in [1.29, 1.82) is 0 Å². The van der Waals surface area contributed by atoms with Gasteiger partial charge in [0.25, 0.3) is 0 Å². The number of rotatable bonds is 4. The fraction of sp³-hybridized carbons (Fsp3) is 0.467. The third-order valence-electron chi connectivity index (χ3n) is 4.17. The van der Waals surface area contributed by atoms with Gasteiger partial charge in [-0.25, -0.2) is 8.42 Å². The Hall–Kier alpha value is -1.17. The Morgan fingerprint density at radius 3 is 2.70 bits per heavy atom. The van der Waals surface area contributed by atoms with Crippen molar-refractivity contribution in [2.45, 2.75) is 43.2 Å².